The van der Waals surface area contributed by atoms with Crippen molar-refractivity contribution < 1.29 is 14.4 Å². The van der Waals surface area contributed by atoms with Crippen LogP contribution < -0.4 is 10.5 Å². The molecule has 1 heterocycles. The molecule has 0 atom stereocenters. The lowest BCUT2D eigenvalue weighted by Crippen LogP contribution is -2.16. The van der Waals surface area contributed by atoms with E-state index >= 15 is 0 Å². The summed E-state index contributed by atoms with van der Waals surface area (Å²) in [6.45, 7) is 0. The molecule has 0 bridgehead atoms. The number of amidine groups is 1. The Bertz CT molecular complexity index is 570. The highest BCUT2D eigenvalue weighted by molar-refractivity contribution is 5.97. The Morgan fingerprint density at radius 2 is 1.79 bits per heavy atom. The third kappa shape index (κ3) is 3.81. The van der Waals surface area contributed by atoms with Gasteiger partial charge in [-0.25, -0.2) is 4.79 Å². The lowest BCUT2D eigenvalue weighted by molar-refractivity contribution is 0.102. The van der Waals surface area contributed by atoms with Crippen LogP contribution in [0.15, 0.2) is 60.0 Å². The molecule has 19 heavy (non-hydrogen) atoms. The van der Waals surface area contributed by atoms with Crippen molar-refractivity contribution in [1.29, 1.82) is 0 Å². The molecule has 0 aliphatic rings. The van der Waals surface area contributed by atoms with Crippen LogP contribution in [0.5, 0.6) is 5.75 Å². The summed E-state index contributed by atoms with van der Waals surface area (Å²) < 4.78 is 4.86. The monoisotopic (exact) mass is 257 g/mol. The summed E-state index contributed by atoms with van der Waals surface area (Å²) in [5, 5.41) is 3.48. The summed E-state index contributed by atoms with van der Waals surface area (Å²) >= 11 is 0. The number of benzene rings is 1. The average Bonchev–Trinajstić information content (AvgIpc) is 2.47. The van der Waals surface area contributed by atoms with Gasteiger partial charge in [-0.1, -0.05) is 23.4 Å². The van der Waals surface area contributed by atoms with Crippen molar-refractivity contribution in [3.8, 4) is 5.75 Å². The number of pyridine rings is 1. The number of hydrogen-bond acceptors (Lipinski definition) is 5. The maximum atomic E-state index is 11.3. The van der Waals surface area contributed by atoms with Gasteiger partial charge in [-0.3, -0.25) is 9.82 Å². The first-order valence-electron chi connectivity index (χ1n) is 5.43. The van der Waals surface area contributed by atoms with Crippen LogP contribution in [0.1, 0.15) is 5.56 Å². The third-order valence-corrected chi connectivity index (χ3v) is 2.14. The molecule has 1 aromatic carbocycles. The number of rotatable bonds is 3. The second-order valence-electron chi connectivity index (χ2n) is 3.47. The summed E-state index contributed by atoms with van der Waals surface area (Å²) in [5.74, 6) is 0.428. The number of carbonyl (C=O) groups is 1. The van der Waals surface area contributed by atoms with Gasteiger partial charge in [0.15, 0.2) is 5.84 Å². The number of oxime groups is 1. The molecule has 0 saturated heterocycles. The Hall–Kier alpha value is -2.89. The molecule has 6 nitrogen and oxygen atoms in total. The molecule has 0 saturated carbocycles. The van der Waals surface area contributed by atoms with Crippen LogP contribution in [0.2, 0.25) is 0 Å². The number of carbonyl (C=O) groups excluding carboxylic acids is 1. The first-order chi connectivity index (χ1) is 9.25. The second-order valence-corrected chi connectivity index (χ2v) is 3.47. The van der Waals surface area contributed by atoms with E-state index in [1.807, 2.05) is 0 Å². The van der Waals surface area contributed by atoms with E-state index in [0.29, 0.717) is 11.3 Å². The van der Waals surface area contributed by atoms with E-state index in [4.69, 9.17) is 10.5 Å². The van der Waals surface area contributed by atoms with Gasteiger partial charge in [-0.2, -0.15) is 0 Å². The minimum atomic E-state index is -0.955. The summed E-state index contributed by atoms with van der Waals surface area (Å²) in [7, 11) is 0. The molecule has 0 aliphatic carbocycles. The van der Waals surface area contributed by atoms with Crippen LogP contribution in [-0.4, -0.2) is 17.0 Å². The summed E-state index contributed by atoms with van der Waals surface area (Å²) in [5.41, 5.74) is 6.23. The standard InChI is InChI=1S/C13H11N3O3/c14-12(10-6-8-15-9-7-10)16-19-13(17)18-11-4-2-1-3-5-11/h1-9H,(H2,14,16). The van der Waals surface area contributed by atoms with E-state index in [9.17, 15) is 4.79 Å². The van der Waals surface area contributed by atoms with Gasteiger partial charge in [0.2, 0.25) is 0 Å². The Kier molecular flexibility index (Phi) is 4.07. The number of nitrogens with two attached hydrogens (primary N) is 1. The molecule has 96 valence electrons. The highest BCUT2D eigenvalue weighted by Crippen LogP contribution is 2.09. The quantitative estimate of drug-likeness (QED) is 0.227. The van der Waals surface area contributed by atoms with Crippen molar-refractivity contribution >= 4 is 12.0 Å². The molecule has 6 heteroatoms. The maximum absolute atomic E-state index is 11.3. The average molecular weight is 257 g/mol. The van der Waals surface area contributed by atoms with Gasteiger partial charge in [0, 0.05) is 18.0 Å². The predicted molar refractivity (Wildman–Crippen MR) is 68.5 cm³/mol. The Balaban J connectivity index is 1.93. The van der Waals surface area contributed by atoms with Crippen molar-refractivity contribution in [3.05, 3.63) is 60.4 Å². The van der Waals surface area contributed by atoms with E-state index in [1.165, 1.54) is 0 Å². The lowest BCUT2D eigenvalue weighted by Gasteiger charge is -2.02. The van der Waals surface area contributed by atoms with Crippen molar-refractivity contribution in [2.45, 2.75) is 0 Å². The number of hydrogen-bond donors (Lipinski definition) is 1. The number of ether oxygens (including phenoxy) is 1. The molecule has 0 aliphatic heterocycles. The van der Waals surface area contributed by atoms with Crippen molar-refractivity contribution in [2.24, 2.45) is 10.9 Å². The second kappa shape index (κ2) is 6.15. The van der Waals surface area contributed by atoms with Crippen LogP contribution in [0.4, 0.5) is 4.79 Å². The Labute approximate surface area is 109 Å². The molecule has 1 aromatic heterocycles. The van der Waals surface area contributed by atoms with Crippen LogP contribution in [0, 0.1) is 0 Å². The molecule has 0 spiro atoms. The van der Waals surface area contributed by atoms with Crippen molar-refractivity contribution in [2.75, 3.05) is 0 Å². The van der Waals surface area contributed by atoms with Crippen molar-refractivity contribution in [3.63, 3.8) is 0 Å². The molecule has 0 unspecified atom stereocenters. The Morgan fingerprint density at radius 1 is 1.11 bits per heavy atom. The number of aromatic nitrogens is 1. The number of nitrogens with zero attached hydrogens (tertiary/aromatic N) is 2. The van der Waals surface area contributed by atoms with Crippen LogP contribution in [0.25, 0.3) is 0 Å². The molecule has 2 aromatic rings. The molecule has 2 N–H and O–H groups in total. The zero-order valence-corrected chi connectivity index (χ0v) is 9.89. The molecular formula is C13H11N3O3. The summed E-state index contributed by atoms with van der Waals surface area (Å²) in [6, 6.07) is 11.8. The maximum Gasteiger partial charge on any atom is 0.540 e. The molecular weight excluding hydrogens is 246 g/mol. The largest absolute Gasteiger partial charge is 0.540 e. The van der Waals surface area contributed by atoms with Crippen LogP contribution >= 0.6 is 0 Å². The minimum Gasteiger partial charge on any atom is -0.393 e. The normalized spacial score (nSPS) is 10.8. The zero-order valence-electron chi connectivity index (χ0n) is 9.89. The molecule has 0 radical (unpaired) electrons. The predicted octanol–water partition coefficient (Wildman–Crippen LogP) is 1.92. The van der Waals surface area contributed by atoms with E-state index in [0.717, 1.165) is 0 Å². The topological polar surface area (TPSA) is 86.8 Å². The van der Waals surface area contributed by atoms with Crippen LogP contribution in [0.3, 0.4) is 0 Å². The van der Waals surface area contributed by atoms with E-state index in [1.54, 1.807) is 54.9 Å². The van der Waals surface area contributed by atoms with E-state index in [2.05, 4.69) is 15.0 Å². The smallest absolute Gasteiger partial charge is 0.393 e. The number of para-hydroxylation sites is 1. The first kappa shape index (κ1) is 12.6. The highest BCUT2D eigenvalue weighted by Gasteiger charge is 2.06. The fourth-order valence-electron chi connectivity index (χ4n) is 1.27. The highest BCUT2D eigenvalue weighted by atomic mass is 16.8. The fourth-order valence-corrected chi connectivity index (χ4v) is 1.27. The summed E-state index contributed by atoms with van der Waals surface area (Å²) in [6.07, 6.45) is 2.16. The third-order valence-electron chi connectivity index (χ3n) is 2.14. The van der Waals surface area contributed by atoms with Gasteiger partial charge in [-0.15, -0.1) is 0 Å². The SMILES string of the molecule is N/C(=N/OC(=O)Oc1ccccc1)c1ccncc1. The molecule has 0 amide bonds. The van der Waals surface area contributed by atoms with Gasteiger partial charge < -0.3 is 10.5 Å². The lowest BCUT2D eigenvalue weighted by atomic mass is 10.2. The van der Waals surface area contributed by atoms with E-state index < -0.39 is 6.16 Å². The van der Waals surface area contributed by atoms with Gasteiger partial charge in [0.25, 0.3) is 0 Å². The van der Waals surface area contributed by atoms with Crippen molar-refractivity contribution in [1.82, 2.24) is 4.98 Å². The molecule has 0 fully saturated rings. The molecule has 2 rings (SSSR count). The van der Waals surface area contributed by atoms with Gasteiger partial charge in [0.1, 0.15) is 5.75 Å². The van der Waals surface area contributed by atoms with Gasteiger partial charge in [-0.05, 0) is 24.3 Å². The van der Waals surface area contributed by atoms with Gasteiger partial charge >= 0.3 is 6.16 Å². The zero-order chi connectivity index (χ0) is 13.5. The minimum absolute atomic E-state index is 0.0624. The first-order valence-corrected chi connectivity index (χ1v) is 5.43. The van der Waals surface area contributed by atoms with E-state index in [-0.39, 0.29) is 5.84 Å². The fraction of sp³-hybridized carbons (Fsp3) is 0. The van der Waals surface area contributed by atoms with Crippen LogP contribution in [-0.2, 0) is 4.84 Å². The summed E-state index contributed by atoms with van der Waals surface area (Å²) in [4.78, 5) is 19.7. The Morgan fingerprint density at radius 3 is 2.47 bits per heavy atom. The van der Waals surface area contributed by atoms with Gasteiger partial charge in [0.05, 0.1) is 0 Å².